The van der Waals surface area contributed by atoms with Gasteiger partial charge in [0.1, 0.15) is 18.0 Å². The molecule has 3 aromatic carbocycles. The Morgan fingerprint density at radius 3 is 2.51 bits per heavy atom. The maximum atomic E-state index is 13.8. The standard InChI is InChI=1S/C37H45N7O3/c1-5-22(2)33(42-37(46)47-4)36(45)44-17-7-9-32(44)35-41-31(21-43(35)3)27-13-12-23-18-24(10-11-25(23)19-27)26-14-15-28-30(20-26)40-34(39-28)29-8-6-16-38-29/h10-15,18-22,29,32-33,35,38,41H,5-9,16-17H2,1-4H3,(H,39,40)(H,42,46)/t22-,29-,32-,33-,35?/m0/s1. The molecule has 4 aromatic rings. The molecule has 0 radical (unpaired) electrons. The summed E-state index contributed by atoms with van der Waals surface area (Å²) in [5.41, 5.74) is 6.54. The fourth-order valence-corrected chi connectivity index (χ4v) is 7.43. The van der Waals surface area contributed by atoms with Crippen LogP contribution in [0.2, 0.25) is 0 Å². The second-order valence-electron chi connectivity index (χ2n) is 13.3. The van der Waals surface area contributed by atoms with Crippen LogP contribution in [0.5, 0.6) is 0 Å². The summed E-state index contributed by atoms with van der Waals surface area (Å²) in [7, 11) is 3.38. The van der Waals surface area contributed by atoms with Gasteiger partial charge < -0.3 is 35.5 Å². The molecule has 10 heteroatoms. The molecule has 3 aliphatic heterocycles. The molecule has 10 nitrogen and oxygen atoms in total. The molecule has 5 atom stereocenters. The van der Waals surface area contributed by atoms with Gasteiger partial charge in [0.05, 0.1) is 35.9 Å². The third kappa shape index (κ3) is 6.02. The number of fused-ring (bicyclic) bond motifs is 2. The summed E-state index contributed by atoms with van der Waals surface area (Å²) in [5, 5.41) is 12.4. The first-order chi connectivity index (χ1) is 22.8. The number of rotatable bonds is 8. The lowest BCUT2D eigenvalue weighted by Crippen LogP contribution is -2.57. The lowest BCUT2D eigenvalue weighted by atomic mass is 9.97. The summed E-state index contributed by atoms with van der Waals surface area (Å²) < 4.78 is 4.83. The Hall–Kier alpha value is -4.57. The molecule has 47 heavy (non-hydrogen) atoms. The molecule has 0 saturated carbocycles. The smallest absolute Gasteiger partial charge is 0.407 e. The maximum Gasteiger partial charge on any atom is 0.407 e. The number of ether oxygens (including phenoxy) is 1. The van der Waals surface area contributed by atoms with Crippen molar-refractivity contribution in [3.63, 3.8) is 0 Å². The van der Waals surface area contributed by atoms with Gasteiger partial charge in [-0.15, -0.1) is 0 Å². The van der Waals surface area contributed by atoms with Gasteiger partial charge in [0, 0.05) is 19.8 Å². The molecular formula is C37H45N7O3. The lowest BCUT2D eigenvalue weighted by Gasteiger charge is -2.36. The summed E-state index contributed by atoms with van der Waals surface area (Å²) in [6.45, 7) is 5.74. The number of methoxy groups -OCH3 is 1. The van der Waals surface area contributed by atoms with Crippen LogP contribution in [0.15, 0.2) is 60.8 Å². The number of hydrogen-bond acceptors (Lipinski definition) is 7. The quantitative estimate of drug-likeness (QED) is 0.196. The van der Waals surface area contributed by atoms with E-state index in [2.05, 4.69) is 93.7 Å². The van der Waals surface area contributed by atoms with E-state index in [0.717, 1.165) is 65.9 Å². The minimum absolute atomic E-state index is 0.00992. The minimum atomic E-state index is -0.620. The van der Waals surface area contributed by atoms with E-state index in [-0.39, 0.29) is 24.0 Å². The molecule has 2 fully saturated rings. The number of nitrogens with one attached hydrogen (secondary N) is 4. The van der Waals surface area contributed by atoms with Gasteiger partial charge in [-0.3, -0.25) is 4.79 Å². The average Bonchev–Trinajstić information content (AvgIpc) is 3.92. The van der Waals surface area contributed by atoms with Gasteiger partial charge in [-0.2, -0.15) is 0 Å². The minimum Gasteiger partial charge on any atom is -0.453 e. The number of benzene rings is 3. The van der Waals surface area contributed by atoms with Gasteiger partial charge in [-0.25, -0.2) is 9.78 Å². The molecule has 2 saturated heterocycles. The first-order valence-corrected chi connectivity index (χ1v) is 17.0. The number of likely N-dealkylation sites (tertiary alicyclic amines) is 1. The van der Waals surface area contributed by atoms with Gasteiger partial charge in [0.2, 0.25) is 5.91 Å². The number of imidazole rings is 1. The number of carbonyl (C=O) groups is 2. The number of H-pyrrole nitrogens is 1. The number of carbonyl (C=O) groups excluding carboxylic acids is 2. The number of hydrogen-bond donors (Lipinski definition) is 4. The highest BCUT2D eigenvalue weighted by Gasteiger charge is 2.42. The molecule has 3 aliphatic rings. The molecular weight excluding hydrogens is 590 g/mol. The molecule has 1 aromatic heterocycles. The zero-order valence-corrected chi connectivity index (χ0v) is 27.7. The van der Waals surface area contributed by atoms with Crippen molar-refractivity contribution in [1.29, 1.82) is 0 Å². The molecule has 4 N–H and O–H groups in total. The number of aromatic amines is 1. The van der Waals surface area contributed by atoms with Crippen LogP contribution in [-0.4, -0.2) is 77.3 Å². The third-order valence-electron chi connectivity index (χ3n) is 10.3. The maximum absolute atomic E-state index is 13.8. The molecule has 1 unspecified atom stereocenters. The van der Waals surface area contributed by atoms with Crippen molar-refractivity contribution in [1.82, 2.24) is 35.7 Å². The van der Waals surface area contributed by atoms with Crippen molar-refractivity contribution < 1.29 is 14.3 Å². The van der Waals surface area contributed by atoms with Crippen LogP contribution >= 0.6 is 0 Å². The topological polar surface area (TPSA) is 115 Å². The Labute approximate surface area is 275 Å². The summed E-state index contributed by atoms with van der Waals surface area (Å²) >= 11 is 0. The van der Waals surface area contributed by atoms with Gasteiger partial charge in [-0.1, -0.05) is 50.6 Å². The molecule has 0 spiro atoms. The number of aromatic nitrogens is 2. The van der Waals surface area contributed by atoms with E-state index in [1.807, 2.05) is 18.7 Å². The van der Waals surface area contributed by atoms with Crippen LogP contribution in [0.4, 0.5) is 4.79 Å². The lowest BCUT2D eigenvalue weighted by molar-refractivity contribution is -0.136. The first kappa shape index (κ1) is 31.1. The number of nitrogens with zero attached hydrogens (tertiary/aromatic N) is 3. The van der Waals surface area contributed by atoms with E-state index in [0.29, 0.717) is 12.6 Å². The van der Waals surface area contributed by atoms with Gasteiger partial charge in [0.25, 0.3) is 0 Å². The molecule has 2 amide bonds. The van der Waals surface area contributed by atoms with E-state index in [9.17, 15) is 9.59 Å². The molecule has 0 aliphatic carbocycles. The number of likely N-dealkylation sites (N-methyl/N-ethyl adjacent to an activating group) is 1. The highest BCUT2D eigenvalue weighted by molar-refractivity contribution is 5.91. The predicted octanol–water partition coefficient (Wildman–Crippen LogP) is 5.73. The zero-order chi connectivity index (χ0) is 32.7. The van der Waals surface area contributed by atoms with E-state index in [4.69, 9.17) is 9.72 Å². The Morgan fingerprint density at radius 2 is 1.77 bits per heavy atom. The van der Waals surface area contributed by atoms with Crippen molar-refractivity contribution in [2.75, 3.05) is 27.2 Å². The van der Waals surface area contributed by atoms with Crippen LogP contribution in [0.1, 0.15) is 63.4 Å². The van der Waals surface area contributed by atoms with Crippen molar-refractivity contribution in [3.05, 3.63) is 72.2 Å². The normalized spacial score (nSPS) is 22.4. The fourth-order valence-electron chi connectivity index (χ4n) is 7.43. The Kier molecular flexibility index (Phi) is 8.53. The van der Waals surface area contributed by atoms with Crippen molar-refractivity contribution in [2.24, 2.45) is 5.92 Å². The predicted molar refractivity (Wildman–Crippen MR) is 185 cm³/mol. The summed E-state index contributed by atoms with van der Waals surface area (Å²) in [6.07, 6.45) is 6.39. The van der Waals surface area contributed by atoms with Crippen molar-refractivity contribution in [3.8, 4) is 11.1 Å². The molecule has 0 bridgehead atoms. The van der Waals surface area contributed by atoms with Gasteiger partial charge >= 0.3 is 6.09 Å². The van der Waals surface area contributed by atoms with Crippen LogP contribution in [0, 0.1) is 5.92 Å². The van der Waals surface area contributed by atoms with Crippen LogP contribution in [0.25, 0.3) is 38.6 Å². The zero-order valence-electron chi connectivity index (χ0n) is 27.7. The van der Waals surface area contributed by atoms with E-state index in [1.165, 1.54) is 29.9 Å². The van der Waals surface area contributed by atoms with E-state index in [1.54, 1.807) is 0 Å². The Bertz CT molecular complexity index is 1830. The van der Waals surface area contributed by atoms with Crippen molar-refractivity contribution >= 4 is 39.5 Å². The number of amides is 2. The average molecular weight is 636 g/mol. The largest absolute Gasteiger partial charge is 0.453 e. The first-order valence-electron chi connectivity index (χ1n) is 17.0. The summed E-state index contributed by atoms with van der Waals surface area (Å²) in [6, 6.07) is 19.3. The molecule has 7 rings (SSSR count). The van der Waals surface area contributed by atoms with Crippen molar-refractivity contribution in [2.45, 2.75) is 70.2 Å². The van der Waals surface area contributed by atoms with Crippen LogP contribution in [-0.2, 0) is 9.53 Å². The van der Waals surface area contributed by atoms with E-state index < -0.39 is 12.1 Å². The molecule has 246 valence electrons. The van der Waals surface area contributed by atoms with Crippen LogP contribution < -0.4 is 16.0 Å². The highest BCUT2D eigenvalue weighted by Crippen LogP contribution is 2.33. The third-order valence-corrected chi connectivity index (χ3v) is 10.3. The molecule has 4 heterocycles. The highest BCUT2D eigenvalue weighted by atomic mass is 16.5. The Balaban J connectivity index is 1.07. The Morgan fingerprint density at radius 1 is 1.02 bits per heavy atom. The fraction of sp³-hybridized carbons (Fsp3) is 0.432. The number of alkyl carbamates (subject to hydrolysis) is 1. The van der Waals surface area contributed by atoms with Crippen LogP contribution in [0.3, 0.4) is 0 Å². The SMILES string of the molecule is CC[C@H](C)[C@H](NC(=O)OC)C(=O)N1CCC[C@H]1C1NC(c2ccc3cc(-c4ccc5nc([C@@H]6CCCN6)[nH]c5c4)ccc3c2)=CN1C. The van der Waals surface area contributed by atoms with Gasteiger partial charge in [0.15, 0.2) is 0 Å². The second kappa shape index (κ2) is 12.9. The van der Waals surface area contributed by atoms with Gasteiger partial charge in [-0.05, 0) is 89.9 Å². The van der Waals surface area contributed by atoms with E-state index >= 15 is 0 Å². The summed E-state index contributed by atoms with van der Waals surface area (Å²) in [5.74, 6) is 0.973. The summed E-state index contributed by atoms with van der Waals surface area (Å²) in [4.78, 5) is 38.4. The monoisotopic (exact) mass is 635 g/mol. The second-order valence-corrected chi connectivity index (χ2v) is 13.3.